The molecule has 6 heteroatoms. The van der Waals surface area contributed by atoms with Crippen molar-refractivity contribution < 1.29 is 9.18 Å². The Hall–Kier alpha value is -3.02. The number of aromatic amines is 1. The number of halogens is 1. The monoisotopic (exact) mass is 338 g/mol. The highest BCUT2D eigenvalue weighted by atomic mass is 19.1. The van der Waals surface area contributed by atoms with Gasteiger partial charge in [0.15, 0.2) is 5.82 Å². The molecule has 3 aromatic rings. The maximum Gasteiger partial charge on any atom is 0.251 e. The Labute approximate surface area is 145 Å². The molecule has 0 radical (unpaired) electrons. The number of hydrogen-bond donors (Lipinski definition) is 2. The van der Waals surface area contributed by atoms with Gasteiger partial charge >= 0.3 is 0 Å². The van der Waals surface area contributed by atoms with Crippen molar-refractivity contribution in [2.75, 3.05) is 6.54 Å². The van der Waals surface area contributed by atoms with Crippen molar-refractivity contribution in [1.29, 1.82) is 0 Å². The number of nitrogens with zero attached hydrogens (tertiary/aromatic N) is 2. The molecule has 0 saturated heterocycles. The van der Waals surface area contributed by atoms with Crippen molar-refractivity contribution in [2.45, 2.75) is 19.8 Å². The van der Waals surface area contributed by atoms with Gasteiger partial charge in [-0.1, -0.05) is 29.8 Å². The first kappa shape index (κ1) is 16.8. The van der Waals surface area contributed by atoms with Crippen LogP contribution in [0.25, 0.3) is 0 Å². The smallest absolute Gasteiger partial charge is 0.251 e. The van der Waals surface area contributed by atoms with E-state index in [2.05, 4.69) is 51.7 Å². The minimum absolute atomic E-state index is 0.240. The van der Waals surface area contributed by atoms with Crippen LogP contribution in [0.4, 0.5) is 4.39 Å². The molecule has 0 aliphatic heterocycles. The largest absolute Gasteiger partial charge is 0.352 e. The number of hydrogen-bond acceptors (Lipinski definition) is 3. The summed E-state index contributed by atoms with van der Waals surface area (Å²) >= 11 is 0. The highest BCUT2D eigenvalue weighted by molar-refractivity contribution is 5.94. The van der Waals surface area contributed by atoms with E-state index in [4.69, 9.17) is 0 Å². The average molecular weight is 338 g/mol. The molecule has 0 aliphatic rings. The quantitative estimate of drug-likeness (QED) is 0.726. The normalized spacial score (nSPS) is 10.6. The van der Waals surface area contributed by atoms with Gasteiger partial charge in [-0.15, -0.1) is 0 Å². The molecule has 0 fully saturated rings. The van der Waals surface area contributed by atoms with Crippen molar-refractivity contribution in [2.24, 2.45) is 0 Å². The van der Waals surface area contributed by atoms with Crippen LogP contribution in [-0.4, -0.2) is 27.6 Å². The first-order valence-corrected chi connectivity index (χ1v) is 8.09. The number of amides is 1. The zero-order valence-electron chi connectivity index (χ0n) is 13.9. The van der Waals surface area contributed by atoms with Gasteiger partial charge in [-0.3, -0.25) is 9.89 Å². The standard InChI is InChI=1S/C19H19FN4O/c1-13-2-4-14(5-3-13)12-18-22-17(23-24-18)10-11-21-19(25)15-6-8-16(20)9-7-15/h2-9H,10-12H2,1H3,(H,21,25)(H,22,23,24). The Bertz CT molecular complexity index is 841. The van der Waals surface area contributed by atoms with Gasteiger partial charge in [0, 0.05) is 24.9 Å². The lowest BCUT2D eigenvalue weighted by Crippen LogP contribution is -2.25. The summed E-state index contributed by atoms with van der Waals surface area (Å²) in [7, 11) is 0. The predicted octanol–water partition coefficient (Wildman–Crippen LogP) is 2.82. The fraction of sp³-hybridized carbons (Fsp3) is 0.211. The Morgan fingerprint density at radius 1 is 1.12 bits per heavy atom. The third-order valence-corrected chi connectivity index (χ3v) is 3.81. The Morgan fingerprint density at radius 3 is 2.56 bits per heavy atom. The van der Waals surface area contributed by atoms with Crippen molar-refractivity contribution in [3.8, 4) is 0 Å². The molecule has 1 heterocycles. The van der Waals surface area contributed by atoms with Crippen LogP contribution >= 0.6 is 0 Å². The molecule has 0 spiro atoms. The third-order valence-electron chi connectivity index (χ3n) is 3.81. The van der Waals surface area contributed by atoms with Crippen molar-refractivity contribution in [1.82, 2.24) is 20.5 Å². The number of rotatable bonds is 6. The number of aryl methyl sites for hydroxylation is 1. The number of carbonyl (C=O) groups excluding carboxylic acids is 1. The van der Waals surface area contributed by atoms with E-state index in [-0.39, 0.29) is 11.7 Å². The van der Waals surface area contributed by atoms with Gasteiger partial charge in [-0.2, -0.15) is 5.10 Å². The molecule has 25 heavy (non-hydrogen) atoms. The van der Waals surface area contributed by atoms with E-state index >= 15 is 0 Å². The summed E-state index contributed by atoms with van der Waals surface area (Å²) in [5.74, 6) is 0.846. The molecule has 5 nitrogen and oxygen atoms in total. The number of benzene rings is 2. The van der Waals surface area contributed by atoms with E-state index in [1.165, 1.54) is 29.8 Å². The van der Waals surface area contributed by atoms with Crippen LogP contribution in [0.5, 0.6) is 0 Å². The maximum absolute atomic E-state index is 12.8. The summed E-state index contributed by atoms with van der Waals surface area (Å²) in [5.41, 5.74) is 2.81. The molecule has 0 atom stereocenters. The van der Waals surface area contributed by atoms with Gasteiger partial charge in [0.1, 0.15) is 11.6 Å². The molecule has 2 aromatic carbocycles. The van der Waals surface area contributed by atoms with Crippen molar-refractivity contribution in [3.63, 3.8) is 0 Å². The number of nitrogens with one attached hydrogen (secondary N) is 2. The van der Waals surface area contributed by atoms with E-state index in [1.54, 1.807) is 0 Å². The summed E-state index contributed by atoms with van der Waals surface area (Å²) in [6.45, 7) is 2.47. The SMILES string of the molecule is Cc1ccc(Cc2nc(CCNC(=O)c3ccc(F)cc3)n[nH]2)cc1. The zero-order chi connectivity index (χ0) is 17.6. The molecule has 1 amide bonds. The molecule has 2 N–H and O–H groups in total. The lowest BCUT2D eigenvalue weighted by atomic mass is 10.1. The van der Waals surface area contributed by atoms with E-state index < -0.39 is 0 Å². The fourth-order valence-corrected chi connectivity index (χ4v) is 2.42. The van der Waals surface area contributed by atoms with Crippen LogP contribution in [0, 0.1) is 12.7 Å². The average Bonchev–Trinajstić information content (AvgIpc) is 3.05. The molecule has 0 unspecified atom stereocenters. The minimum Gasteiger partial charge on any atom is -0.352 e. The molecular formula is C19H19FN4O. The van der Waals surface area contributed by atoms with Gasteiger partial charge in [-0.25, -0.2) is 9.37 Å². The van der Waals surface area contributed by atoms with Crippen LogP contribution in [0.15, 0.2) is 48.5 Å². The van der Waals surface area contributed by atoms with Gasteiger partial charge in [-0.05, 0) is 36.8 Å². The van der Waals surface area contributed by atoms with Gasteiger partial charge in [0.25, 0.3) is 5.91 Å². The Morgan fingerprint density at radius 2 is 1.84 bits per heavy atom. The lowest BCUT2D eigenvalue weighted by molar-refractivity contribution is 0.0954. The Balaban J connectivity index is 1.49. The summed E-state index contributed by atoms with van der Waals surface area (Å²) < 4.78 is 12.8. The second kappa shape index (κ2) is 7.70. The number of carbonyl (C=O) groups is 1. The van der Waals surface area contributed by atoms with E-state index in [0.29, 0.717) is 30.8 Å². The second-order valence-corrected chi connectivity index (χ2v) is 5.87. The van der Waals surface area contributed by atoms with Crippen LogP contribution < -0.4 is 5.32 Å². The van der Waals surface area contributed by atoms with E-state index in [9.17, 15) is 9.18 Å². The molecule has 0 bridgehead atoms. The molecule has 3 rings (SSSR count). The molecule has 0 saturated carbocycles. The summed E-state index contributed by atoms with van der Waals surface area (Å²) in [6, 6.07) is 13.7. The molecule has 128 valence electrons. The summed E-state index contributed by atoms with van der Waals surface area (Å²) in [4.78, 5) is 16.4. The molecule has 0 aliphatic carbocycles. The van der Waals surface area contributed by atoms with Crippen LogP contribution in [0.3, 0.4) is 0 Å². The first-order valence-electron chi connectivity index (χ1n) is 8.09. The van der Waals surface area contributed by atoms with E-state index in [0.717, 1.165) is 11.4 Å². The number of H-pyrrole nitrogens is 1. The summed E-state index contributed by atoms with van der Waals surface area (Å²) in [5, 5.41) is 9.88. The van der Waals surface area contributed by atoms with Gasteiger partial charge in [0.05, 0.1) is 0 Å². The molecular weight excluding hydrogens is 319 g/mol. The number of aromatic nitrogens is 3. The molecule has 1 aromatic heterocycles. The van der Waals surface area contributed by atoms with Crippen molar-refractivity contribution >= 4 is 5.91 Å². The van der Waals surface area contributed by atoms with E-state index in [1.807, 2.05) is 0 Å². The third kappa shape index (κ3) is 4.73. The van der Waals surface area contributed by atoms with Gasteiger partial charge in [0.2, 0.25) is 0 Å². The first-order chi connectivity index (χ1) is 12.1. The predicted molar refractivity (Wildman–Crippen MR) is 92.8 cm³/mol. The minimum atomic E-state index is -0.363. The Kier molecular flexibility index (Phi) is 5.18. The van der Waals surface area contributed by atoms with Gasteiger partial charge < -0.3 is 5.32 Å². The zero-order valence-corrected chi connectivity index (χ0v) is 13.9. The maximum atomic E-state index is 12.8. The fourth-order valence-electron chi connectivity index (χ4n) is 2.42. The highest BCUT2D eigenvalue weighted by Crippen LogP contribution is 2.08. The lowest BCUT2D eigenvalue weighted by Gasteiger charge is -2.03. The van der Waals surface area contributed by atoms with Crippen molar-refractivity contribution in [3.05, 3.63) is 82.7 Å². The topological polar surface area (TPSA) is 70.7 Å². The van der Waals surface area contributed by atoms with Crippen LogP contribution in [0.2, 0.25) is 0 Å². The second-order valence-electron chi connectivity index (χ2n) is 5.87. The van der Waals surface area contributed by atoms with Crippen LogP contribution in [0.1, 0.15) is 33.1 Å². The summed E-state index contributed by atoms with van der Waals surface area (Å²) in [6.07, 6.45) is 1.21. The highest BCUT2D eigenvalue weighted by Gasteiger charge is 2.07. The van der Waals surface area contributed by atoms with Crippen LogP contribution in [-0.2, 0) is 12.8 Å².